The van der Waals surface area contributed by atoms with E-state index in [1.54, 1.807) is 16.8 Å². The molecule has 0 amide bonds. The van der Waals surface area contributed by atoms with E-state index in [1.165, 1.54) is 6.33 Å². The lowest BCUT2D eigenvalue weighted by atomic mass is 9.97. The van der Waals surface area contributed by atoms with E-state index < -0.39 is 5.95 Å². The van der Waals surface area contributed by atoms with Gasteiger partial charge in [0.1, 0.15) is 6.33 Å². The molecule has 2 aromatic carbocycles. The smallest absolute Gasteiger partial charge is 0.251 e. The van der Waals surface area contributed by atoms with Gasteiger partial charge in [-0.25, -0.2) is 4.99 Å². The van der Waals surface area contributed by atoms with Gasteiger partial charge in [0.05, 0.1) is 11.7 Å². The van der Waals surface area contributed by atoms with Crippen molar-refractivity contribution in [2.45, 2.75) is 24.8 Å². The summed E-state index contributed by atoms with van der Waals surface area (Å²) in [5.74, 6) is 0.0268. The maximum absolute atomic E-state index is 15.2. The number of hydrogen-bond donors (Lipinski definition) is 1. The highest BCUT2D eigenvalue weighted by Crippen LogP contribution is 2.60. The summed E-state index contributed by atoms with van der Waals surface area (Å²) >= 11 is 6.33. The van der Waals surface area contributed by atoms with Gasteiger partial charge < -0.3 is 9.55 Å². The summed E-state index contributed by atoms with van der Waals surface area (Å²) in [7, 11) is 0. The van der Waals surface area contributed by atoms with E-state index in [9.17, 15) is 4.79 Å². The lowest BCUT2D eigenvalue weighted by molar-refractivity contribution is 0.579. The van der Waals surface area contributed by atoms with Gasteiger partial charge in [-0.05, 0) is 81.7 Å². The fraction of sp³-hybridized carbons (Fsp3) is 0.179. The molecule has 5 heterocycles. The average molecular weight is 524 g/mol. The van der Waals surface area contributed by atoms with Gasteiger partial charge in [-0.2, -0.15) is 9.07 Å². The van der Waals surface area contributed by atoms with Crippen LogP contribution in [0.5, 0.6) is 0 Å². The molecule has 8 rings (SSSR count). The zero-order valence-electron chi connectivity index (χ0n) is 19.8. The molecule has 1 fully saturated rings. The molecule has 3 aliphatic rings. The van der Waals surface area contributed by atoms with Crippen LogP contribution in [0.3, 0.4) is 0 Å². The normalized spacial score (nSPS) is 21.6. The van der Waals surface area contributed by atoms with E-state index >= 15 is 4.39 Å². The van der Waals surface area contributed by atoms with Crippen molar-refractivity contribution < 1.29 is 4.39 Å². The molecule has 10 heteroatoms. The minimum atomic E-state index is -0.463. The number of nitrogens with zero attached hydrogens (tertiary/aromatic N) is 6. The van der Waals surface area contributed by atoms with Crippen LogP contribution in [0.15, 0.2) is 82.9 Å². The van der Waals surface area contributed by atoms with Crippen LogP contribution in [0.2, 0.25) is 5.02 Å². The number of hydrogen-bond acceptors (Lipinski definition) is 5. The summed E-state index contributed by atoms with van der Waals surface area (Å²) in [6, 6.07) is 16.6. The molecular weight excluding hydrogens is 505 g/mol. The van der Waals surface area contributed by atoms with Crippen LogP contribution in [-0.4, -0.2) is 35.5 Å². The maximum atomic E-state index is 15.2. The van der Waals surface area contributed by atoms with Crippen molar-refractivity contribution in [2.75, 3.05) is 0 Å². The van der Waals surface area contributed by atoms with Crippen LogP contribution >= 0.6 is 11.6 Å². The number of halogens is 2. The molecule has 1 N–H and O–H groups in total. The van der Waals surface area contributed by atoms with Gasteiger partial charge in [-0.1, -0.05) is 17.7 Å². The van der Waals surface area contributed by atoms with E-state index in [4.69, 9.17) is 11.6 Å². The SMILES string of the molecule is O=c1cc(-c2cc(Cl)ccc2-n2cnnn2)cc2n1C(C1=NC(F)=C(c3ccc4[nH]ccc4c3)C1)C1CC21. The molecule has 3 atom stereocenters. The fourth-order valence-electron chi connectivity index (χ4n) is 6.16. The van der Waals surface area contributed by atoms with Crippen molar-refractivity contribution in [3.8, 4) is 16.8 Å². The van der Waals surface area contributed by atoms with E-state index in [2.05, 4.69) is 25.5 Å². The first kappa shape index (κ1) is 21.7. The van der Waals surface area contributed by atoms with E-state index in [0.717, 1.165) is 45.4 Å². The fourth-order valence-corrected chi connectivity index (χ4v) is 6.33. The number of aliphatic imine (C=N–C) groups is 1. The minimum absolute atomic E-state index is 0.136. The molecule has 0 spiro atoms. The quantitative estimate of drug-likeness (QED) is 0.316. The largest absolute Gasteiger partial charge is 0.361 e. The Labute approximate surface area is 220 Å². The van der Waals surface area contributed by atoms with Gasteiger partial charge in [0.15, 0.2) is 0 Å². The molecule has 38 heavy (non-hydrogen) atoms. The maximum Gasteiger partial charge on any atom is 0.251 e. The first-order valence-electron chi connectivity index (χ1n) is 12.4. The van der Waals surface area contributed by atoms with Gasteiger partial charge in [-0.15, -0.1) is 5.10 Å². The second-order valence-corrected chi connectivity index (χ2v) is 10.5. The third-order valence-corrected chi connectivity index (χ3v) is 8.19. The predicted molar refractivity (Wildman–Crippen MR) is 142 cm³/mol. The molecule has 0 bridgehead atoms. The molecule has 1 saturated carbocycles. The van der Waals surface area contributed by atoms with Crippen molar-refractivity contribution >= 4 is 33.8 Å². The number of nitrogens with one attached hydrogen (secondary N) is 1. The Morgan fingerprint density at radius 2 is 1.97 bits per heavy atom. The number of H-pyrrole nitrogens is 1. The second kappa shape index (κ2) is 7.82. The minimum Gasteiger partial charge on any atom is -0.361 e. The van der Waals surface area contributed by atoms with Gasteiger partial charge in [-0.3, -0.25) is 4.79 Å². The van der Waals surface area contributed by atoms with Crippen molar-refractivity contribution in [3.63, 3.8) is 0 Å². The summed E-state index contributed by atoms with van der Waals surface area (Å²) in [5, 5.41) is 13.0. The summed E-state index contributed by atoms with van der Waals surface area (Å²) in [4.78, 5) is 21.1. The lowest BCUT2D eigenvalue weighted by Gasteiger charge is -2.20. The average Bonchev–Trinajstić information content (AvgIpc) is 3.35. The molecule has 1 aliphatic carbocycles. The van der Waals surface area contributed by atoms with Gasteiger partial charge in [0.2, 0.25) is 5.95 Å². The molecule has 0 radical (unpaired) electrons. The topological polar surface area (TPSA) is 93.8 Å². The number of aromatic amines is 1. The monoisotopic (exact) mass is 523 g/mol. The van der Waals surface area contributed by atoms with Crippen molar-refractivity contribution in [1.82, 2.24) is 29.8 Å². The Morgan fingerprint density at radius 3 is 2.84 bits per heavy atom. The predicted octanol–water partition coefficient (Wildman–Crippen LogP) is 5.47. The number of allylic oxidation sites excluding steroid dienone is 1. The summed E-state index contributed by atoms with van der Waals surface area (Å²) in [5.41, 5.74) is 6.16. The second-order valence-electron chi connectivity index (χ2n) is 10.1. The van der Waals surface area contributed by atoms with Crippen LogP contribution in [0.1, 0.15) is 36.1 Å². The lowest BCUT2D eigenvalue weighted by Crippen LogP contribution is -2.29. The first-order valence-corrected chi connectivity index (χ1v) is 12.8. The van der Waals surface area contributed by atoms with Crippen molar-refractivity contribution in [3.05, 3.63) is 99.7 Å². The molecule has 3 unspecified atom stereocenters. The first-order chi connectivity index (χ1) is 18.5. The number of tetrazole rings is 1. The third kappa shape index (κ3) is 3.18. The summed E-state index contributed by atoms with van der Waals surface area (Å²) in [6.45, 7) is 0. The summed E-state index contributed by atoms with van der Waals surface area (Å²) < 4.78 is 18.6. The van der Waals surface area contributed by atoms with E-state index in [-0.39, 0.29) is 23.4 Å². The highest BCUT2D eigenvalue weighted by atomic mass is 35.5. The Kier molecular flexibility index (Phi) is 4.46. The van der Waals surface area contributed by atoms with Crippen molar-refractivity contribution in [2.24, 2.45) is 10.9 Å². The highest BCUT2D eigenvalue weighted by Gasteiger charge is 2.55. The molecular formula is C28H19ClFN7O. The highest BCUT2D eigenvalue weighted by molar-refractivity contribution is 6.31. The third-order valence-electron chi connectivity index (χ3n) is 7.96. The number of rotatable bonds is 4. The number of fused-ring (bicyclic) bond motifs is 4. The number of pyridine rings is 1. The Hall–Kier alpha value is -4.37. The standard InChI is InChI=1S/C28H19ClFN7O/c29-17-2-4-24(36-13-32-34-35-36)18(10-17)16-8-25-20-11-21(20)27(37(25)26(38)9-16)23-12-19(28(30)33-23)14-1-3-22-15(7-14)5-6-31-22/h1-10,13,20-21,27,31H,11-12H2. The molecule has 8 nitrogen and oxygen atoms in total. The van der Waals surface area contributed by atoms with Crippen LogP contribution in [0, 0.1) is 5.92 Å². The van der Waals surface area contributed by atoms with Gasteiger partial charge in [0, 0.05) is 57.7 Å². The number of aromatic nitrogens is 6. The Morgan fingerprint density at radius 1 is 1.05 bits per heavy atom. The molecule has 186 valence electrons. The van der Waals surface area contributed by atoms with Crippen LogP contribution in [-0.2, 0) is 0 Å². The van der Waals surface area contributed by atoms with E-state index in [1.807, 2.05) is 53.2 Å². The van der Waals surface area contributed by atoms with Gasteiger partial charge >= 0.3 is 0 Å². The van der Waals surface area contributed by atoms with E-state index in [0.29, 0.717) is 22.7 Å². The van der Waals surface area contributed by atoms with Crippen LogP contribution < -0.4 is 5.56 Å². The number of benzene rings is 2. The molecule has 2 aliphatic heterocycles. The van der Waals surface area contributed by atoms with Crippen LogP contribution in [0.4, 0.5) is 4.39 Å². The Balaban J connectivity index is 1.17. The van der Waals surface area contributed by atoms with Crippen LogP contribution in [0.25, 0.3) is 33.3 Å². The molecule has 5 aromatic rings. The Bertz CT molecular complexity index is 1900. The van der Waals surface area contributed by atoms with Gasteiger partial charge in [0.25, 0.3) is 5.56 Å². The zero-order valence-corrected chi connectivity index (χ0v) is 20.6. The summed E-state index contributed by atoms with van der Waals surface area (Å²) in [6.07, 6.45) is 4.72. The van der Waals surface area contributed by atoms with Crippen molar-refractivity contribution in [1.29, 1.82) is 0 Å². The molecule has 3 aromatic heterocycles. The molecule has 0 saturated heterocycles. The zero-order chi connectivity index (χ0) is 25.5.